The lowest BCUT2D eigenvalue weighted by Crippen LogP contribution is -2.31. The van der Waals surface area contributed by atoms with Gasteiger partial charge in [0.25, 0.3) is 5.91 Å². The Morgan fingerprint density at radius 1 is 1.33 bits per heavy atom. The van der Waals surface area contributed by atoms with Crippen molar-refractivity contribution in [3.05, 3.63) is 59.1 Å². The highest BCUT2D eigenvalue weighted by atomic mass is 35.5. The molecule has 1 aromatic heterocycles. The Kier molecular flexibility index (Phi) is 5.11. The largest absolute Gasteiger partial charge is 0.492 e. The van der Waals surface area contributed by atoms with Crippen LogP contribution in [0.4, 0.5) is 4.39 Å². The molecule has 21 heavy (non-hydrogen) atoms. The fourth-order valence-corrected chi connectivity index (χ4v) is 1.86. The van der Waals surface area contributed by atoms with E-state index in [9.17, 15) is 9.18 Å². The van der Waals surface area contributed by atoms with Gasteiger partial charge in [-0.25, -0.2) is 4.39 Å². The zero-order valence-electron chi connectivity index (χ0n) is 11.4. The smallest absolute Gasteiger partial charge is 0.256 e. The van der Waals surface area contributed by atoms with Crippen molar-refractivity contribution in [1.29, 1.82) is 0 Å². The molecule has 6 heteroatoms. The number of carbonyl (C=O) groups excluding carboxylic acids is 1. The number of hydrogen-bond donors (Lipinski definition) is 0. The summed E-state index contributed by atoms with van der Waals surface area (Å²) in [6.07, 6.45) is 2.96. The van der Waals surface area contributed by atoms with E-state index in [0.29, 0.717) is 29.5 Å². The third-order valence-corrected chi connectivity index (χ3v) is 3.18. The van der Waals surface area contributed by atoms with E-state index in [-0.39, 0.29) is 11.7 Å². The van der Waals surface area contributed by atoms with Gasteiger partial charge in [0.05, 0.1) is 17.1 Å². The Bertz CT molecular complexity index is 619. The Labute approximate surface area is 127 Å². The minimum atomic E-state index is -0.319. The lowest BCUT2D eigenvalue weighted by atomic mass is 10.2. The molecule has 0 bridgehead atoms. The minimum absolute atomic E-state index is 0.226. The molecule has 0 aliphatic heterocycles. The summed E-state index contributed by atoms with van der Waals surface area (Å²) >= 11 is 5.95. The monoisotopic (exact) mass is 308 g/mol. The lowest BCUT2D eigenvalue weighted by molar-refractivity contribution is 0.0773. The number of amides is 1. The van der Waals surface area contributed by atoms with Crippen LogP contribution in [0, 0.1) is 5.82 Å². The van der Waals surface area contributed by atoms with Gasteiger partial charge in [-0.2, -0.15) is 0 Å². The van der Waals surface area contributed by atoms with Gasteiger partial charge < -0.3 is 9.64 Å². The molecule has 0 aliphatic rings. The van der Waals surface area contributed by atoms with Crippen LogP contribution < -0.4 is 4.74 Å². The van der Waals surface area contributed by atoms with Crippen molar-refractivity contribution in [2.24, 2.45) is 0 Å². The SMILES string of the molecule is CN(CCOc1ccc(F)cc1)C(=O)c1cnccc1Cl. The molecule has 0 saturated carbocycles. The average molecular weight is 309 g/mol. The average Bonchev–Trinajstić information content (AvgIpc) is 2.49. The van der Waals surface area contributed by atoms with Gasteiger partial charge in [0, 0.05) is 19.4 Å². The van der Waals surface area contributed by atoms with E-state index >= 15 is 0 Å². The number of rotatable bonds is 5. The van der Waals surface area contributed by atoms with Crippen LogP contribution in [-0.2, 0) is 0 Å². The Morgan fingerprint density at radius 2 is 2.05 bits per heavy atom. The quantitative estimate of drug-likeness (QED) is 0.852. The topological polar surface area (TPSA) is 42.4 Å². The molecule has 0 N–H and O–H groups in total. The number of likely N-dealkylation sites (N-methyl/N-ethyl adjacent to an activating group) is 1. The number of aromatic nitrogens is 1. The Morgan fingerprint density at radius 3 is 2.71 bits per heavy atom. The van der Waals surface area contributed by atoms with E-state index in [2.05, 4.69) is 4.98 Å². The van der Waals surface area contributed by atoms with Gasteiger partial charge in [-0.05, 0) is 30.3 Å². The van der Waals surface area contributed by atoms with Crippen LogP contribution >= 0.6 is 11.6 Å². The number of hydrogen-bond acceptors (Lipinski definition) is 3. The van der Waals surface area contributed by atoms with Crippen molar-refractivity contribution in [2.45, 2.75) is 0 Å². The summed E-state index contributed by atoms with van der Waals surface area (Å²) in [6.45, 7) is 0.674. The summed E-state index contributed by atoms with van der Waals surface area (Å²) in [4.78, 5) is 17.5. The number of pyridine rings is 1. The molecule has 0 radical (unpaired) electrons. The number of carbonyl (C=O) groups is 1. The first kappa shape index (κ1) is 15.3. The third-order valence-electron chi connectivity index (χ3n) is 2.85. The zero-order valence-corrected chi connectivity index (χ0v) is 12.2. The summed E-state index contributed by atoms with van der Waals surface area (Å²) < 4.78 is 18.2. The molecule has 0 aliphatic carbocycles. The predicted octanol–water partition coefficient (Wildman–Crippen LogP) is 3.03. The van der Waals surface area contributed by atoms with Gasteiger partial charge in [0.1, 0.15) is 18.2 Å². The number of ether oxygens (including phenoxy) is 1. The van der Waals surface area contributed by atoms with Crippen LogP contribution in [0.15, 0.2) is 42.7 Å². The molecule has 4 nitrogen and oxygen atoms in total. The lowest BCUT2D eigenvalue weighted by Gasteiger charge is -2.18. The molecule has 1 heterocycles. The summed E-state index contributed by atoms with van der Waals surface area (Å²) in [7, 11) is 1.65. The van der Waals surface area contributed by atoms with Crippen molar-refractivity contribution >= 4 is 17.5 Å². The minimum Gasteiger partial charge on any atom is -0.492 e. The normalized spacial score (nSPS) is 10.2. The highest BCUT2D eigenvalue weighted by molar-refractivity contribution is 6.33. The van der Waals surface area contributed by atoms with Crippen LogP contribution in [0.3, 0.4) is 0 Å². The van der Waals surface area contributed by atoms with Crippen LogP contribution in [0.2, 0.25) is 5.02 Å². The highest BCUT2D eigenvalue weighted by Crippen LogP contribution is 2.15. The second-order valence-corrected chi connectivity index (χ2v) is 4.79. The number of benzene rings is 1. The van der Waals surface area contributed by atoms with Crippen molar-refractivity contribution in [1.82, 2.24) is 9.88 Å². The Hall–Kier alpha value is -2.14. The molecular weight excluding hydrogens is 295 g/mol. The summed E-state index contributed by atoms with van der Waals surface area (Å²) in [5, 5.41) is 0.362. The van der Waals surface area contributed by atoms with E-state index in [1.54, 1.807) is 13.1 Å². The number of halogens is 2. The third kappa shape index (κ3) is 4.16. The molecule has 1 amide bonds. The molecule has 0 fully saturated rings. The first-order valence-electron chi connectivity index (χ1n) is 6.31. The first-order chi connectivity index (χ1) is 10.1. The van der Waals surface area contributed by atoms with Crippen molar-refractivity contribution in [2.75, 3.05) is 20.2 Å². The van der Waals surface area contributed by atoms with Gasteiger partial charge in [0.15, 0.2) is 0 Å². The second-order valence-electron chi connectivity index (χ2n) is 4.38. The van der Waals surface area contributed by atoms with Gasteiger partial charge in [-0.3, -0.25) is 9.78 Å². The second kappa shape index (κ2) is 7.04. The molecule has 0 unspecified atom stereocenters. The molecule has 0 spiro atoms. The summed E-state index contributed by atoms with van der Waals surface area (Å²) in [6, 6.07) is 7.28. The van der Waals surface area contributed by atoms with Gasteiger partial charge in [0.2, 0.25) is 0 Å². The van der Waals surface area contributed by atoms with E-state index in [0.717, 1.165) is 0 Å². The van der Waals surface area contributed by atoms with Crippen molar-refractivity contribution in [3.63, 3.8) is 0 Å². The van der Waals surface area contributed by atoms with E-state index in [1.807, 2.05) is 0 Å². The van der Waals surface area contributed by atoms with Crippen molar-refractivity contribution < 1.29 is 13.9 Å². The zero-order chi connectivity index (χ0) is 15.2. The standard InChI is InChI=1S/C15H14ClFN2O2/c1-19(15(20)13-10-18-7-6-14(13)16)8-9-21-12-4-2-11(17)3-5-12/h2-7,10H,8-9H2,1H3. The molecule has 0 atom stereocenters. The van der Waals surface area contributed by atoms with Crippen LogP contribution in [-0.4, -0.2) is 36.0 Å². The maximum absolute atomic E-state index is 12.7. The highest BCUT2D eigenvalue weighted by Gasteiger charge is 2.14. The molecule has 2 rings (SSSR count). The van der Waals surface area contributed by atoms with Gasteiger partial charge >= 0.3 is 0 Å². The maximum Gasteiger partial charge on any atom is 0.256 e. The number of nitrogens with zero attached hydrogens (tertiary/aromatic N) is 2. The fraction of sp³-hybridized carbons (Fsp3) is 0.200. The first-order valence-corrected chi connectivity index (χ1v) is 6.69. The molecule has 0 saturated heterocycles. The van der Waals surface area contributed by atoms with Crippen LogP contribution in [0.1, 0.15) is 10.4 Å². The molecule has 1 aromatic carbocycles. The van der Waals surface area contributed by atoms with Crippen molar-refractivity contribution in [3.8, 4) is 5.75 Å². The summed E-state index contributed by atoms with van der Waals surface area (Å²) in [5.41, 5.74) is 0.350. The van der Waals surface area contributed by atoms with Gasteiger partial charge in [-0.1, -0.05) is 11.6 Å². The predicted molar refractivity (Wildman–Crippen MR) is 78.1 cm³/mol. The Balaban J connectivity index is 1.87. The summed E-state index contributed by atoms with van der Waals surface area (Å²) in [5.74, 6) is 0.00771. The van der Waals surface area contributed by atoms with Gasteiger partial charge in [-0.15, -0.1) is 0 Å². The molecular formula is C15H14ClFN2O2. The van der Waals surface area contributed by atoms with E-state index < -0.39 is 0 Å². The van der Waals surface area contributed by atoms with E-state index in [4.69, 9.17) is 16.3 Å². The van der Waals surface area contributed by atoms with Crippen LogP contribution in [0.5, 0.6) is 5.75 Å². The molecule has 110 valence electrons. The molecule has 2 aromatic rings. The van der Waals surface area contributed by atoms with E-state index in [1.165, 1.54) is 41.6 Å². The van der Waals surface area contributed by atoms with Crippen LogP contribution in [0.25, 0.3) is 0 Å². The fourth-order valence-electron chi connectivity index (χ4n) is 1.67. The maximum atomic E-state index is 12.7.